The van der Waals surface area contributed by atoms with Gasteiger partial charge in [-0.15, -0.1) is 11.8 Å². The molecule has 4 heteroatoms. The molecule has 0 radical (unpaired) electrons. The zero-order valence-electron chi connectivity index (χ0n) is 7.95. The molecular weight excluding hydrogens is 182 g/mol. The number of hydrogen-bond donors (Lipinski definition) is 0. The average Bonchev–Trinajstić information content (AvgIpc) is 2.11. The SMILES string of the molecule is CN(C)CCCSC=C(C#N)C#N. The molecule has 0 rings (SSSR count). The van der Waals surface area contributed by atoms with Crippen molar-refractivity contribution in [3.8, 4) is 12.1 Å². The Morgan fingerprint density at radius 3 is 2.46 bits per heavy atom. The van der Waals surface area contributed by atoms with E-state index in [4.69, 9.17) is 10.5 Å². The van der Waals surface area contributed by atoms with Crippen LogP contribution >= 0.6 is 11.8 Å². The molecule has 0 aliphatic rings. The fraction of sp³-hybridized carbons (Fsp3) is 0.556. The maximum absolute atomic E-state index is 8.41. The van der Waals surface area contributed by atoms with Gasteiger partial charge in [-0.2, -0.15) is 10.5 Å². The van der Waals surface area contributed by atoms with Gasteiger partial charge < -0.3 is 4.90 Å². The lowest BCUT2D eigenvalue weighted by Gasteiger charge is -2.07. The Morgan fingerprint density at radius 1 is 1.38 bits per heavy atom. The van der Waals surface area contributed by atoms with E-state index in [1.54, 1.807) is 5.41 Å². The summed E-state index contributed by atoms with van der Waals surface area (Å²) in [5, 5.41) is 18.4. The van der Waals surface area contributed by atoms with Gasteiger partial charge in [0.25, 0.3) is 0 Å². The van der Waals surface area contributed by atoms with Crippen molar-refractivity contribution in [2.45, 2.75) is 6.42 Å². The summed E-state index contributed by atoms with van der Waals surface area (Å²) in [6.45, 7) is 1.04. The second-order valence-electron chi connectivity index (χ2n) is 2.78. The van der Waals surface area contributed by atoms with Crippen LogP contribution in [0.4, 0.5) is 0 Å². The van der Waals surface area contributed by atoms with Crippen LogP contribution in [0.2, 0.25) is 0 Å². The van der Waals surface area contributed by atoms with Gasteiger partial charge in [-0.05, 0) is 38.2 Å². The number of rotatable bonds is 5. The van der Waals surface area contributed by atoms with Crippen molar-refractivity contribution in [1.29, 1.82) is 10.5 Å². The summed E-state index contributed by atoms with van der Waals surface area (Å²) in [6.07, 6.45) is 1.07. The Labute approximate surface area is 83.6 Å². The van der Waals surface area contributed by atoms with Gasteiger partial charge in [0.2, 0.25) is 0 Å². The highest BCUT2D eigenvalue weighted by Crippen LogP contribution is 2.07. The largest absolute Gasteiger partial charge is 0.309 e. The molecule has 0 bridgehead atoms. The van der Waals surface area contributed by atoms with E-state index in [2.05, 4.69) is 4.90 Å². The number of nitriles is 2. The zero-order valence-corrected chi connectivity index (χ0v) is 8.77. The smallest absolute Gasteiger partial charge is 0.135 e. The van der Waals surface area contributed by atoms with Crippen LogP contribution in [-0.4, -0.2) is 31.3 Å². The quantitative estimate of drug-likeness (QED) is 0.494. The van der Waals surface area contributed by atoms with E-state index in [1.165, 1.54) is 11.8 Å². The highest BCUT2D eigenvalue weighted by molar-refractivity contribution is 8.02. The molecule has 0 aromatic heterocycles. The van der Waals surface area contributed by atoms with Gasteiger partial charge in [0.15, 0.2) is 0 Å². The highest BCUT2D eigenvalue weighted by atomic mass is 32.2. The van der Waals surface area contributed by atoms with E-state index in [0.29, 0.717) is 0 Å². The minimum Gasteiger partial charge on any atom is -0.309 e. The minimum absolute atomic E-state index is 0.190. The summed E-state index contributed by atoms with van der Waals surface area (Å²) >= 11 is 1.52. The van der Waals surface area contributed by atoms with E-state index < -0.39 is 0 Å². The third kappa shape index (κ3) is 7.39. The summed E-state index contributed by atoms with van der Waals surface area (Å²) in [5.41, 5.74) is 0.190. The first-order chi connectivity index (χ1) is 6.20. The van der Waals surface area contributed by atoms with Crippen LogP contribution in [0.25, 0.3) is 0 Å². The van der Waals surface area contributed by atoms with Crippen LogP contribution in [-0.2, 0) is 0 Å². The Morgan fingerprint density at radius 2 is 2.00 bits per heavy atom. The highest BCUT2D eigenvalue weighted by Gasteiger charge is 1.92. The zero-order chi connectivity index (χ0) is 10.1. The van der Waals surface area contributed by atoms with Crippen LogP contribution in [0, 0.1) is 22.7 Å². The van der Waals surface area contributed by atoms with Crippen LogP contribution < -0.4 is 0 Å². The molecule has 0 aliphatic heterocycles. The van der Waals surface area contributed by atoms with Gasteiger partial charge in [0.1, 0.15) is 17.7 Å². The molecule has 0 spiro atoms. The number of nitrogens with zero attached hydrogens (tertiary/aromatic N) is 3. The monoisotopic (exact) mass is 195 g/mol. The Kier molecular flexibility index (Phi) is 7.10. The maximum atomic E-state index is 8.41. The normalized spacial score (nSPS) is 9.00. The van der Waals surface area contributed by atoms with Crippen molar-refractivity contribution in [2.75, 3.05) is 26.4 Å². The fourth-order valence-electron chi connectivity index (χ4n) is 0.684. The summed E-state index contributed by atoms with van der Waals surface area (Å²) in [6, 6.07) is 3.64. The molecule has 0 aliphatic carbocycles. The van der Waals surface area contributed by atoms with Gasteiger partial charge in [0, 0.05) is 0 Å². The molecule has 70 valence electrons. The molecule has 0 fully saturated rings. The molecule has 0 N–H and O–H groups in total. The van der Waals surface area contributed by atoms with Crippen molar-refractivity contribution in [1.82, 2.24) is 4.90 Å². The molecular formula is C9H13N3S. The number of thioether (sulfide) groups is 1. The topological polar surface area (TPSA) is 50.8 Å². The minimum atomic E-state index is 0.190. The second-order valence-corrected chi connectivity index (χ2v) is 3.76. The molecule has 0 aromatic rings. The van der Waals surface area contributed by atoms with E-state index in [0.717, 1.165) is 18.7 Å². The van der Waals surface area contributed by atoms with Gasteiger partial charge in [-0.1, -0.05) is 0 Å². The molecule has 0 heterocycles. The van der Waals surface area contributed by atoms with Crippen molar-refractivity contribution >= 4 is 11.8 Å². The molecule has 0 saturated heterocycles. The predicted octanol–water partition coefficient (Wildman–Crippen LogP) is 1.60. The van der Waals surface area contributed by atoms with Crippen molar-refractivity contribution < 1.29 is 0 Å². The van der Waals surface area contributed by atoms with Crippen molar-refractivity contribution in [3.63, 3.8) is 0 Å². The molecule has 0 atom stereocenters. The molecule has 0 aromatic carbocycles. The van der Waals surface area contributed by atoms with E-state index >= 15 is 0 Å². The first kappa shape index (κ1) is 12.0. The number of hydrogen-bond acceptors (Lipinski definition) is 4. The molecule has 0 saturated carbocycles. The lowest BCUT2D eigenvalue weighted by Crippen LogP contribution is -2.13. The van der Waals surface area contributed by atoms with Crippen LogP contribution in [0.3, 0.4) is 0 Å². The fourth-order valence-corrected chi connectivity index (χ4v) is 1.37. The van der Waals surface area contributed by atoms with Crippen molar-refractivity contribution in [3.05, 3.63) is 11.0 Å². The van der Waals surface area contributed by atoms with E-state index in [-0.39, 0.29) is 5.57 Å². The first-order valence-corrected chi connectivity index (χ1v) is 5.02. The second kappa shape index (κ2) is 7.67. The van der Waals surface area contributed by atoms with Crippen LogP contribution in [0.1, 0.15) is 6.42 Å². The summed E-state index contributed by atoms with van der Waals surface area (Å²) < 4.78 is 0. The third-order valence-corrected chi connectivity index (χ3v) is 2.24. The molecule has 13 heavy (non-hydrogen) atoms. The average molecular weight is 195 g/mol. The van der Waals surface area contributed by atoms with Gasteiger partial charge in [0.05, 0.1) is 0 Å². The molecule has 0 unspecified atom stereocenters. The van der Waals surface area contributed by atoms with E-state index in [1.807, 2.05) is 26.2 Å². The van der Waals surface area contributed by atoms with Gasteiger partial charge >= 0.3 is 0 Å². The van der Waals surface area contributed by atoms with Gasteiger partial charge in [-0.3, -0.25) is 0 Å². The maximum Gasteiger partial charge on any atom is 0.135 e. The van der Waals surface area contributed by atoms with Crippen LogP contribution in [0.15, 0.2) is 11.0 Å². The Hall–Kier alpha value is -0.970. The van der Waals surface area contributed by atoms with Crippen molar-refractivity contribution in [2.24, 2.45) is 0 Å². The molecule has 0 amide bonds. The van der Waals surface area contributed by atoms with Crippen LogP contribution in [0.5, 0.6) is 0 Å². The number of allylic oxidation sites excluding steroid dienone is 1. The summed E-state index contributed by atoms with van der Waals surface area (Å²) in [4.78, 5) is 2.11. The summed E-state index contributed by atoms with van der Waals surface area (Å²) in [7, 11) is 4.05. The Balaban J connectivity index is 3.52. The lowest BCUT2D eigenvalue weighted by atomic mass is 10.4. The summed E-state index contributed by atoms with van der Waals surface area (Å²) in [5.74, 6) is 0.949. The predicted molar refractivity (Wildman–Crippen MR) is 54.9 cm³/mol. The lowest BCUT2D eigenvalue weighted by molar-refractivity contribution is 0.410. The molecule has 3 nitrogen and oxygen atoms in total. The first-order valence-electron chi connectivity index (χ1n) is 3.97. The van der Waals surface area contributed by atoms with Gasteiger partial charge in [-0.25, -0.2) is 0 Å². The standard InChI is InChI=1S/C9H13N3S/c1-12(2)4-3-5-13-8-9(6-10)7-11/h8H,3-5H2,1-2H3. The van der Waals surface area contributed by atoms with E-state index in [9.17, 15) is 0 Å². The Bertz CT molecular complexity index is 229. The third-order valence-electron chi connectivity index (χ3n) is 1.31.